The number of ether oxygens (including phenoxy) is 1. The summed E-state index contributed by atoms with van der Waals surface area (Å²) in [5.41, 5.74) is 1.41. The Morgan fingerprint density at radius 3 is 2.17 bits per heavy atom. The van der Waals surface area contributed by atoms with E-state index < -0.39 is 10.0 Å². The van der Waals surface area contributed by atoms with Crippen LogP contribution in [0, 0.1) is 0 Å². The van der Waals surface area contributed by atoms with E-state index in [-0.39, 0.29) is 0 Å². The summed E-state index contributed by atoms with van der Waals surface area (Å²) < 4.78 is 32.7. The van der Waals surface area contributed by atoms with Gasteiger partial charge in [-0.2, -0.15) is 4.31 Å². The van der Waals surface area contributed by atoms with Gasteiger partial charge in [-0.3, -0.25) is 0 Å². The van der Waals surface area contributed by atoms with Crippen LogP contribution in [-0.4, -0.2) is 65.1 Å². The third kappa shape index (κ3) is 4.86. The number of likely N-dealkylation sites (tertiary alicyclic amines) is 1. The quantitative estimate of drug-likeness (QED) is 0.668. The second-order valence-corrected chi connectivity index (χ2v) is 10.4. The Labute approximate surface area is 180 Å². The van der Waals surface area contributed by atoms with Gasteiger partial charge in [0, 0.05) is 18.4 Å². The molecule has 0 atom stereocenters. The zero-order valence-corrected chi connectivity index (χ0v) is 18.5. The molecule has 4 rings (SSSR count). The van der Waals surface area contributed by atoms with Crippen LogP contribution in [0.1, 0.15) is 18.4 Å². The number of benzene rings is 2. The van der Waals surface area contributed by atoms with Crippen LogP contribution in [0.2, 0.25) is 0 Å². The SMILES string of the molecule is COc1ccc(S(=O)(=O)N2CC[NH+](C3CC[NH+](Cc4ccccc4)CC3)CC2)cc1. The van der Waals surface area contributed by atoms with E-state index in [1.165, 1.54) is 31.5 Å². The van der Waals surface area contributed by atoms with E-state index in [0.717, 1.165) is 19.6 Å². The fourth-order valence-corrected chi connectivity index (χ4v) is 6.26. The van der Waals surface area contributed by atoms with Crippen LogP contribution in [0.25, 0.3) is 0 Å². The predicted molar refractivity (Wildman–Crippen MR) is 116 cm³/mol. The summed E-state index contributed by atoms with van der Waals surface area (Å²) in [5.74, 6) is 0.670. The third-order valence-electron chi connectivity index (χ3n) is 6.63. The normalized spacial score (nSPS) is 23.9. The summed E-state index contributed by atoms with van der Waals surface area (Å²) in [5, 5.41) is 0. The Kier molecular flexibility index (Phi) is 6.73. The molecule has 6 nitrogen and oxygen atoms in total. The number of hydrogen-bond donors (Lipinski definition) is 2. The summed E-state index contributed by atoms with van der Waals surface area (Å²) >= 11 is 0. The maximum atomic E-state index is 13.0. The van der Waals surface area contributed by atoms with E-state index in [1.54, 1.807) is 45.5 Å². The lowest BCUT2D eigenvalue weighted by Gasteiger charge is -2.38. The number of nitrogens with zero attached hydrogens (tertiary/aromatic N) is 1. The molecule has 2 fully saturated rings. The molecule has 0 bridgehead atoms. The van der Waals surface area contributed by atoms with Crippen LogP contribution in [0.3, 0.4) is 0 Å². The van der Waals surface area contributed by atoms with Crippen LogP contribution >= 0.6 is 0 Å². The Bertz CT molecular complexity index is 902. The van der Waals surface area contributed by atoms with Crippen LogP contribution in [0.4, 0.5) is 0 Å². The molecule has 0 aromatic heterocycles. The number of methoxy groups -OCH3 is 1. The molecule has 2 aliphatic rings. The molecular weight excluding hydrogens is 398 g/mol. The van der Waals surface area contributed by atoms with E-state index in [2.05, 4.69) is 30.3 Å². The van der Waals surface area contributed by atoms with Crippen molar-refractivity contribution in [1.29, 1.82) is 0 Å². The molecule has 0 amide bonds. The van der Waals surface area contributed by atoms with Gasteiger partial charge < -0.3 is 14.5 Å². The van der Waals surface area contributed by atoms with E-state index in [0.29, 0.717) is 29.8 Å². The van der Waals surface area contributed by atoms with Crippen LogP contribution in [0.15, 0.2) is 59.5 Å². The summed E-state index contributed by atoms with van der Waals surface area (Å²) in [6, 6.07) is 18.1. The molecule has 2 aromatic carbocycles. The van der Waals surface area contributed by atoms with Crippen molar-refractivity contribution in [2.24, 2.45) is 0 Å². The minimum Gasteiger partial charge on any atom is -0.497 e. The minimum absolute atomic E-state index is 0.351. The number of piperidine rings is 1. The van der Waals surface area contributed by atoms with Crippen molar-refractivity contribution >= 4 is 10.0 Å². The van der Waals surface area contributed by atoms with Gasteiger partial charge in [-0.25, -0.2) is 8.42 Å². The van der Waals surface area contributed by atoms with Crippen LogP contribution in [-0.2, 0) is 16.6 Å². The zero-order valence-electron chi connectivity index (χ0n) is 17.7. The van der Waals surface area contributed by atoms with Crippen LogP contribution in [0.5, 0.6) is 5.75 Å². The molecule has 0 saturated carbocycles. The number of quaternary nitrogens is 2. The predicted octanol–water partition coefficient (Wildman–Crippen LogP) is -0.168. The van der Waals surface area contributed by atoms with Crippen molar-refractivity contribution in [2.45, 2.75) is 30.3 Å². The van der Waals surface area contributed by atoms with Gasteiger partial charge in [0.25, 0.3) is 0 Å². The smallest absolute Gasteiger partial charge is 0.243 e. The lowest BCUT2D eigenvalue weighted by molar-refractivity contribution is -0.965. The van der Waals surface area contributed by atoms with Gasteiger partial charge in [-0.05, 0) is 24.3 Å². The first-order chi connectivity index (χ1) is 14.6. The van der Waals surface area contributed by atoms with E-state index in [4.69, 9.17) is 4.74 Å². The van der Waals surface area contributed by atoms with Gasteiger partial charge in [0.2, 0.25) is 10.0 Å². The fourth-order valence-electron chi connectivity index (χ4n) is 4.81. The molecule has 7 heteroatoms. The number of sulfonamides is 1. The molecule has 30 heavy (non-hydrogen) atoms. The van der Waals surface area contributed by atoms with Crippen molar-refractivity contribution in [3.8, 4) is 5.75 Å². The summed E-state index contributed by atoms with van der Waals surface area (Å²) in [6.07, 6.45) is 2.45. The lowest BCUT2D eigenvalue weighted by Crippen LogP contribution is -3.21. The Balaban J connectivity index is 1.27. The lowest BCUT2D eigenvalue weighted by atomic mass is 10.0. The average Bonchev–Trinajstić information content (AvgIpc) is 2.80. The van der Waals surface area contributed by atoms with Gasteiger partial charge in [0.15, 0.2) is 0 Å². The number of rotatable bonds is 6. The largest absolute Gasteiger partial charge is 0.497 e. The van der Waals surface area contributed by atoms with Crippen molar-refractivity contribution in [3.63, 3.8) is 0 Å². The molecule has 2 aliphatic heterocycles. The van der Waals surface area contributed by atoms with Gasteiger partial charge in [-0.15, -0.1) is 0 Å². The maximum Gasteiger partial charge on any atom is 0.243 e. The third-order valence-corrected chi connectivity index (χ3v) is 8.54. The van der Waals surface area contributed by atoms with Gasteiger partial charge in [0.1, 0.15) is 12.3 Å². The maximum absolute atomic E-state index is 13.0. The topological polar surface area (TPSA) is 55.5 Å². The second-order valence-electron chi connectivity index (χ2n) is 8.42. The highest BCUT2D eigenvalue weighted by molar-refractivity contribution is 7.89. The fraction of sp³-hybridized carbons (Fsp3) is 0.478. The number of hydrogen-bond acceptors (Lipinski definition) is 3. The monoisotopic (exact) mass is 431 g/mol. The molecular formula is C23H33N3O3S+2. The molecule has 2 aromatic rings. The first-order valence-electron chi connectivity index (χ1n) is 10.9. The second kappa shape index (κ2) is 9.47. The Hall–Kier alpha value is -1.93. The van der Waals surface area contributed by atoms with E-state index in [1.807, 2.05) is 0 Å². The Morgan fingerprint density at radius 2 is 1.57 bits per heavy atom. The summed E-state index contributed by atoms with van der Waals surface area (Å²) in [7, 11) is -1.84. The molecule has 162 valence electrons. The highest BCUT2D eigenvalue weighted by Crippen LogP contribution is 2.19. The zero-order chi connectivity index (χ0) is 21.0. The highest BCUT2D eigenvalue weighted by atomic mass is 32.2. The van der Waals surface area contributed by atoms with Gasteiger partial charge >= 0.3 is 0 Å². The molecule has 2 saturated heterocycles. The molecule has 2 heterocycles. The number of nitrogens with one attached hydrogen (secondary N) is 2. The van der Waals surface area contributed by atoms with Gasteiger partial charge in [-0.1, -0.05) is 30.3 Å². The molecule has 0 radical (unpaired) electrons. The first-order valence-corrected chi connectivity index (χ1v) is 12.4. The van der Waals surface area contributed by atoms with E-state index >= 15 is 0 Å². The first kappa shape index (κ1) is 21.3. The highest BCUT2D eigenvalue weighted by Gasteiger charge is 2.35. The molecule has 2 N–H and O–H groups in total. The molecule has 0 aliphatic carbocycles. The van der Waals surface area contributed by atoms with Crippen molar-refractivity contribution in [2.75, 3.05) is 46.4 Å². The van der Waals surface area contributed by atoms with Gasteiger partial charge in [0.05, 0.1) is 57.3 Å². The average molecular weight is 432 g/mol. The Morgan fingerprint density at radius 1 is 0.933 bits per heavy atom. The van der Waals surface area contributed by atoms with E-state index in [9.17, 15) is 8.42 Å². The molecule has 0 unspecified atom stereocenters. The molecule has 0 spiro atoms. The van der Waals surface area contributed by atoms with Crippen LogP contribution < -0.4 is 14.5 Å². The summed E-state index contributed by atoms with van der Waals surface area (Å²) in [6.45, 7) is 6.51. The minimum atomic E-state index is -3.42. The number of piperazine rings is 1. The van der Waals surface area contributed by atoms with Crippen molar-refractivity contribution in [1.82, 2.24) is 4.31 Å². The summed E-state index contributed by atoms with van der Waals surface area (Å²) in [4.78, 5) is 3.59. The van der Waals surface area contributed by atoms with Crippen molar-refractivity contribution < 1.29 is 23.0 Å². The van der Waals surface area contributed by atoms with Crippen molar-refractivity contribution in [3.05, 3.63) is 60.2 Å². The standard InChI is InChI=1S/C23H31N3O3S/c1-29-22-7-9-23(10-8-22)30(27,28)26-17-15-25(16-18-26)21-11-13-24(14-12-21)19-20-5-3-2-4-6-20/h2-10,21H,11-19H2,1H3/p+2.